The standard InChI is InChI=1S/C15H25NO5/c1-14(2)10-16(8-11(9-17)21-14)12(18)7-15(13(19)20)5-3-4-6-15/h11,17H,3-10H2,1-2H3,(H,19,20). The number of hydrogen-bond acceptors (Lipinski definition) is 4. The Balaban J connectivity index is 2.06. The molecule has 1 heterocycles. The molecule has 0 aromatic carbocycles. The molecule has 21 heavy (non-hydrogen) atoms. The van der Waals surface area contributed by atoms with Gasteiger partial charge in [-0.2, -0.15) is 0 Å². The Morgan fingerprint density at radius 2 is 1.90 bits per heavy atom. The molecular weight excluding hydrogens is 274 g/mol. The molecule has 1 amide bonds. The van der Waals surface area contributed by atoms with Gasteiger partial charge in [-0.15, -0.1) is 0 Å². The van der Waals surface area contributed by atoms with E-state index in [9.17, 15) is 19.8 Å². The van der Waals surface area contributed by atoms with E-state index in [0.29, 0.717) is 25.9 Å². The van der Waals surface area contributed by atoms with Crippen LogP contribution < -0.4 is 0 Å². The number of ether oxygens (including phenoxy) is 1. The lowest BCUT2D eigenvalue weighted by Crippen LogP contribution is -2.56. The maximum atomic E-state index is 12.5. The summed E-state index contributed by atoms with van der Waals surface area (Å²) in [7, 11) is 0. The molecule has 120 valence electrons. The molecule has 0 aromatic rings. The Labute approximate surface area is 125 Å². The zero-order valence-corrected chi connectivity index (χ0v) is 12.8. The molecule has 1 aliphatic carbocycles. The second-order valence-corrected chi connectivity index (χ2v) is 6.93. The molecule has 6 nitrogen and oxygen atoms in total. The number of aliphatic carboxylic acids is 1. The second-order valence-electron chi connectivity index (χ2n) is 6.93. The highest BCUT2D eigenvalue weighted by Gasteiger charge is 2.45. The van der Waals surface area contributed by atoms with Gasteiger partial charge in [-0.25, -0.2) is 0 Å². The van der Waals surface area contributed by atoms with Crippen LogP contribution in [-0.4, -0.2) is 58.4 Å². The number of hydrogen-bond donors (Lipinski definition) is 2. The number of carbonyl (C=O) groups excluding carboxylic acids is 1. The number of nitrogens with zero attached hydrogens (tertiary/aromatic N) is 1. The molecular formula is C15H25NO5. The molecule has 1 aliphatic heterocycles. The van der Waals surface area contributed by atoms with Crippen LogP contribution in [0.25, 0.3) is 0 Å². The van der Waals surface area contributed by atoms with Gasteiger partial charge in [0, 0.05) is 19.5 Å². The monoisotopic (exact) mass is 299 g/mol. The smallest absolute Gasteiger partial charge is 0.310 e. The molecule has 1 unspecified atom stereocenters. The van der Waals surface area contributed by atoms with E-state index in [0.717, 1.165) is 12.8 Å². The lowest BCUT2D eigenvalue weighted by atomic mass is 9.82. The number of carboxylic acids is 1. The van der Waals surface area contributed by atoms with Gasteiger partial charge in [-0.3, -0.25) is 9.59 Å². The van der Waals surface area contributed by atoms with Gasteiger partial charge >= 0.3 is 5.97 Å². The second kappa shape index (κ2) is 5.93. The maximum absolute atomic E-state index is 12.5. The minimum absolute atomic E-state index is 0.0521. The van der Waals surface area contributed by atoms with E-state index in [1.54, 1.807) is 4.90 Å². The molecule has 2 rings (SSSR count). The van der Waals surface area contributed by atoms with Crippen molar-refractivity contribution in [2.45, 2.75) is 57.7 Å². The van der Waals surface area contributed by atoms with Crippen LogP contribution >= 0.6 is 0 Å². The van der Waals surface area contributed by atoms with E-state index in [1.165, 1.54) is 0 Å². The number of aliphatic hydroxyl groups is 1. The molecule has 0 bridgehead atoms. The normalized spacial score (nSPS) is 27.6. The first-order valence-electron chi connectivity index (χ1n) is 7.58. The van der Waals surface area contributed by atoms with Gasteiger partial charge < -0.3 is 19.8 Å². The van der Waals surface area contributed by atoms with Gasteiger partial charge in [0.15, 0.2) is 0 Å². The van der Waals surface area contributed by atoms with Crippen molar-refractivity contribution < 1.29 is 24.5 Å². The van der Waals surface area contributed by atoms with E-state index < -0.39 is 23.1 Å². The van der Waals surface area contributed by atoms with Crippen molar-refractivity contribution in [1.82, 2.24) is 4.90 Å². The Bertz CT molecular complexity index is 414. The van der Waals surface area contributed by atoms with Crippen molar-refractivity contribution >= 4 is 11.9 Å². The van der Waals surface area contributed by atoms with Crippen LogP contribution in [0.1, 0.15) is 46.0 Å². The third-order valence-electron chi connectivity index (χ3n) is 4.54. The molecule has 6 heteroatoms. The van der Waals surface area contributed by atoms with E-state index in [4.69, 9.17) is 4.74 Å². The largest absolute Gasteiger partial charge is 0.481 e. The summed E-state index contributed by atoms with van der Waals surface area (Å²) in [6, 6.07) is 0. The third kappa shape index (κ3) is 3.55. The van der Waals surface area contributed by atoms with Crippen LogP contribution in [0.2, 0.25) is 0 Å². The van der Waals surface area contributed by atoms with Crippen LogP contribution in [0.3, 0.4) is 0 Å². The van der Waals surface area contributed by atoms with Crippen molar-refractivity contribution in [3.63, 3.8) is 0 Å². The molecule has 0 spiro atoms. The fourth-order valence-corrected chi connectivity index (χ4v) is 3.50. The molecule has 1 saturated heterocycles. The summed E-state index contributed by atoms with van der Waals surface area (Å²) in [6.45, 7) is 4.36. The van der Waals surface area contributed by atoms with Gasteiger partial charge in [0.2, 0.25) is 5.91 Å². The van der Waals surface area contributed by atoms with Crippen molar-refractivity contribution in [3.05, 3.63) is 0 Å². The summed E-state index contributed by atoms with van der Waals surface area (Å²) in [5, 5.41) is 18.8. The summed E-state index contributed by atoms with van der Waals surface area (Å²) in [6.07, 6.45) is 2.54. The highest BCUT2D eigenvalue weighted by molar-refractivity contribution is 5.85. The number of morpholine rings is 1. The lowest BCUT2D eigenvalue weighted by Gasteiger charge is -2.43. The molecule has 1 saturated carbocycles. The molecule has 0 aromatic heterocycles. The molecule has 2 fully saturated rings. The summed E-state index contributed by atoms with van der Waals surface area (Å²) >= 11 is 0. The minimum Gasteiger partial charge on any atom is -0.481 e. The third-order valence-corrected chi connectivity index (χ3v) is 4.54. The van der Waals surface area contributed by atoms with E-state index in [1.807, 2.05) is 13.8 Å². The van der Waals surface area contributed by atoms with Crippen LogP contribution in [-0.2, 0) is 14.3 Å². The highest BCUT2D eigenvalue weighted by Crippen LogP contribution is 2.42. The number of aliphatic hydroxyl groups excluding tert-OH is 1. The van der Waals surface area contributed by atoms with Crippen LogP contribution in [0.5, 0.6) is 0 Å². The Morgan fingerprint density at radius 3 is 2.43 bits per heavy atom. The average molecular weight is 299 g/mol. The van der Waals surface area contributed by atoms with E-state index in [-0.39, 0.29) is 18.9 Å². The van der Waals surface area contributed by atoms with Gasteiger partial charge in [0.25, 0.3) is 0 Å². The predicted molar refractivity (Wildman–Crippen MR) is 75.8 cm³/mol. The summed E-state index contributed by atoms with van der Waals surface area (Å²) in [4.78, 5) is 25.7. The summed E-state index contributed by atoms with van der Waals surface area (Å²) in [5.41, 5.74) is -1.42. The van der Waals surface area contributed by atoms with Crippen LogP contribution in [0.15, 0.2) is 0 Å². The van der Waals surface area contributed by atoms with Gasteiger partial charge in [0.1, 0.15) is 0 Å². The zero-order chi connectivity index (χ0) is 15.7. The van der Waals surface area contributed by atoms with Crippen molar-refractivity contribution in [3.8, 4) is 0 Å². The van der Waals surface area contributed by atoms with E-state index in [2.05, 4.69) is 0 Å². The molecule has 0 radical (unpaired) electrons. The topological polar surface area (TPSA) is 87.1 Å². The molecule has 2 aliphatic rings. The fraction of sp³-hybridized carbons (Fsp3) is 0.867. The van der Waals surface area contributed by atoms with Crippen molar-refractivity contribution in [2.24, 2.45) is 5.41 Å². The molecule has 1 atom stereocenters. The van der Waals surface area contributed by atoms with Gasteiger partial charge in [0.05, 0.1) is 23.7 Å². The highest BCUT2D eigenvalue weighted by atomic mass is 16.5. The lowest BCUT2D eigenvalue weighted by molar-refractivity contribution is -0.171. The first kappa shape index (κ1) is 16.2. The van der Waals surface area contributed by atoms with Crippen LogP contribution in [0.4, 0.5) is 0 Å². The van der Waals surface area contributed by atoms with Crippen LogP contribution in [0, 0.1) is 5.41 Å². The maximum Gasteiger partial charge on any atom is 0.310 e. The summed E-state index contributed by atoms with van der Waals surface area (Å²) < 4.78 is 5.69. The number of amides is 1. The SMILES string of the molecule is CC1(C)CN(C(=O)CC2(C(=O)O)CCCC2)CC(CO)O1. The molecule has 2 N–H and O–H groups in total. The number of carbonyl (C=O) groups is 2. The Morgan fingerprint density at radius 1 is 1.29 bits per heavy atom. The predicted octanol–water partition coefficient (Wildman–Crippen LogP) is 1.02. The minimum atomic E-state index is -0.895. The zero-order valence-electron chi connectivity index (χ0n) is 12.8. The number of carboxylic acid groups (broad SMARTS) is 1. The first-order chi connectivity index (χ1) is 9.78. The van der Waals surface area contributed by atoms with Gasteiger partial charge in [-0.1, -0.05) is 12.8 Å². The Hall–Kier alpha value is -1.14. The quantitative estimate of drug-likeness (QED) is 0.809. The van der Waals surface area contributed by atoms with Crippen molar-refractivity contribution in [2.75, 3.05) is 19.7 Å². The number of rotatable bonds is 4. The summed E-state index contributed by atoms with van der Waals surface area (Å²) in [5.74, 6) is -1.01. The van der Waals surface area contributed by atoms with E-state index >= 15 is 0 Å². The van der Waals surface area contributed by atoms with Gasteiger partial charge in [-0.05, 0) is 26.7 Å². The first-order valence-corrected chi connectivity index (χ1v) is 7.58. The fourth-order valence-electron chi connectivity index (χ4n) is 3.50. The average Bonchev–Trinajstić information content (AvgIpc) is 2.86. The Kier molecular flexibility index (Phi) is 4.58. The van der Waals surface area contributed by atoms with Crippen molar-refractivity contribution in [1.29, 1.82) is 0 Å².